The first-order valence-corrected chi connectivity index (χ1v) is 8.44. The number of amides is 1. The van der Waals surface area contributed by atoms with Crippen LogP contribution in [0.5, 0.6) is 0 Å². The summed E-state index contributed by atoms with van der Waals surface area (Å²) in [7, 11) is 0. The standard InChI is InChI=1S/C19H25N3O2/c1-3-24-11-10-22-9-5-8-18(14-22)15(2)21-19(23)17-7-4-6-16(12-17)13-20/h4,6-8,12,15H,3,5,9-11,14H2,1-2H3,(H,21,23)/t15-/m0/s1. The van der Waals surface area contributed by atoms with Crippen LogP contribution in [0, 0.1) is 11.3 Å². The van der Waals surface area contributed by atoms with E-state index in [1.807, 2.05) is 13.8 Å². The van der Waals surface area contributed by atoms with Crippen molar-refractivity contribution in [3.05, 3.63) is 47.0 Å². The molecule has 1 aromatic carbocycles. The average molecular weight is 327 g/mol. The number of rotatable bonds is 7. The van der Waals surface area contributed by atoms with Crippen LogP contribution in [-0.2, 0) is 4.74 Å². The van der Waals surface area contributed by atoms with Gasteiger partial charge in [0.1, 0.15) is 0 Å². The highest BCUT2D eigenvalue weighted by Crippen LogP contribution is 2.14. The Kier molecular flexibility index (Phi) is 6.98. The fourth-order valence-corrected chi connectivity index (χ4v) is 2.78. The Labute approximate surface area is 143 Å². The van der Waals surface area contributed by atoms with Crippen LogP contribution in [0.25, 0.3) is 0 Å². The molecule has 0 fully saturated rings. The highest BCUT2D eigenvalue weighted by molar-refractivity contribution is 5.94. The molecular formula is C19H25N3O2. The van der Waals surface area contributed by atoms with E-state index in [1.165, 1.54) is 5.57 Å². The van der Waals surface area contributed by atoms with Gasteiger partial charge in [-0.2, -0.15) is 5.26 Å². The molecule has 1 aliphatic heterocycles. The lowest BCUT2D eigenvalue weighted by atomic mass is 10.0. The molecule has 0 saturated heterocycles. The summed E-state index contributed by atoms with van der Waals surface area (Å²) in [6.45, 7) is 8.28. The minimum atomic E-state index is -0.146. The SMILES string of the molecule is CCOCCN1CCC=C([C@H](C)NC(=O)c2cccc(C#N)c2)C1. The maximum absolute atomic E-state index is 12.4. The van der Waals surface area contributed by atoms with Crippen molar-refractivity contribution in [2.24, 2.45) is 0 Å². The van der Waals surface area contributed by atoms with Crippen molar-refractivity contribution in [3.8, 4) is 6.07 Å². The number of hydrogen-bond acceptors (Lipinski definition) is 4. The predicted octanol–water partition coefficient (Wildman–Crippen LogP) is 2.35. The normalized spacial score (nSPS) is 16.1. The van der Waals surface area contributed by atoms with Gasteiger partial charge in [-0.3, -0.25) is 9.69 Å². The van der Waals surface area contributed by atoms with Gasteiger partial charge in [-0.05, 0) is 44.0 Å². The lowest BCUT2D eigenvalue weighted by Crippen LogP contribution is -2.41. The Morgan fingerprint density at radius 3 is 3.08 bits per heavy atom. The fourth-order valence-electron chi connectivity index (χ4n) is 2.78. The van der Waals surface area contributed by atoms with E-state index in [2.05, 4.69) is 22.4 Å². The molecule has 1 aromatic rings. The van der Waals surface area contributed by atoms with Gasteiger partial charge in [0.15, 0.2) is 0 Å². The molecule has 1 atom stereocenters. The van der Waals surface area contributed by atoms with Crippen LogP contribution in [-0.4, -0.2) is 49.7 Å². The van der Waals surface area contributed by atoms with E-state index in [9.17, 15) is 4.79 Å². The minimum Gasteiger partial charge on any atom is -0.380 e. The summed E-state index contributed by atoms with van der Waals surface area (Å²) in [6.07, 6.45) is 3.21. The lowest BCUT2D eigenvalue weighted by molar-refractivity contribution is 0.0939. The maximum atomic E-state index is 12.4. The molecule has 1 aliphatic rings. The zero-order valence-electron chi connectivity index (χ0n) is 14.4. The van der Waals surface area contributed by atoms with Gasteiger partial charge in [0.2, 0.25) is 0 Å². The summed E-state index contributed by atoms with van der Waals surface area (Å²) < 4.78 is 5.42. The summed E-state index contributed by atoms with van der Waals surface area (Å²) in [5.41, 5.74) is 2.24. The van der Waals surface area contributed by atoms with Crippen LogP contribution in [0.3, 0.4) is 0 Å². The number of nitriles is 1. The van der Waals surface area contributed by atoms with Crippen molar-refractivity contribution < 1.29 is 9.53 Å². The third-order valence-corrected chi connectivity index (χ3v) is 4.17. The number of benzene rings is 1. The Hall–Kier alpha value is -2.16. The van der Waals surface area contributed by atoms with Crippen LogP contribution >= 0.6 is 0 Å². The number of hydrogen-bond donors (Lipinski definition) is 1. The van der Waals surface area contributed by atoms with E-state index in [-0.39, 0.29) is 11.9 Å². The zero-order chi connectivity index (χ0) is 17.4. The third-order valence-electron chi connectivity index (χ3n) is 4.17. The molecule has 1 amide bonds. The number of ether oxygens (including phenoxy) is 1. The van der Waals surface area contributed by atoms with Crippen LogP contribution in [0.2, 0.25) is 0 Å². The van der Waals surface area contributed by atoms with Crippen molar-refractivity contribution >= 4 is 5.91 Å². The van der Waals surface area contributed by atoms with E-state index in [0.717, 1.165) is 39.3 Å². The molecule has 0 aliphatic carbocycles. The van der Waals surface area contributed by atoms with Crippen LogP contribution in [0.15, 0.2) is 35.9 Å². The third kappa shape index (κ3) is 5.19. The van der Waals surface area contributed by atoms with Crippen molar-refractivity contribution in [1.82, 2.24) is 10.2 Å². The van der Waals surface area contributed by atoms with E-state index < -0.39 is 0 Å². The summed E-state index contributed by atoms with van der Waals surface area (Å²) in [6, 6.07) is 8.80. The summed E-state index contributed by atoms with van der Waals surface area (Å²) in [4.78, 5) is 14.7. The van der Waals surface area contributed by atoms with E-state index in [4.69, 9.17) is 10.00 Å². The Balaban J connectivity index is 1.91. The molecule has 1 N–H and O–H groups in total. The maximum Gasteiger partial charge on any atom is 0.251 e. The first-order chi connectivity index (χ1) is 11.6. The molecular weight excluding hydrogens is 302 g/mol. The average Bonchev–Trinajstić information content (AvgIpc) is 2.62. The van der Waals surface area contributed by atoms with Crippen LogP contribution in [0.1, 0.15) is 36.2 Å². The molecule has 0 aromatic heterocycles. The van der Waals surface area contributed by atoms with Gasteiger partial charge in [0.25, 0.3) is 5.91 Å². The van der Waals surface area contributed by atoms with Crippen LogP contribution in [0.4, 0.5) is 0 Å². The molecule has 0 radical (unpaired) electrons. The quantitative estimate of drug-likeness (QED) is 0.617. The second-order valence-corrected chi connectivity index (χ2v) is 5.93. The van der Waals surface area contributed by atoms with Gasteiger partial charge in [0, 0.05) is 37.8 Å². The molecule has 1 heterocycles. The summed E-state index contributed by atoms with van der Waals surface area (Å²) in [5, 5.41) is 12.0. The molecule has 0 unspecified atom stereocenters. The van der Waals surface area contributed by atoms with Crippen molar-refractivity contribution in [2.45, 2.75) is 26.3 Å². The van der Waals surface area contributed by atoms with Crippen LogP contribution < -0.4 is 5.32 Å². The molecule has 24 heavy (non-hydrogen) atoms. The molecule has 2 rings (SSSR count). The van der Waals surface area contributed by atoms with E-state index in [0.29, 0.717) is 11.1 Å². The van der Waals surface area contributed by atoms with Gasteiger partial charge in [-0.1, -0.05) is 12.1 Å². The Morgan fingerprint density at radius 1 is 1.50 bits per heavy atom. The fraction of sp³-hybridized carbons (Fsp3) is 0.474. The van der Waals surface area contributed by atoms with Crippen molar-refractivity contribution in [3.63, 3.8) is 0 Å². The van der Waals surface area contributed by atoms with E-state index in [1.54, 1.807) is 24.3 Å². The number of nitrogens with one attached hydrogen (secondary N) is 1. The van der Waals surface area contributed by atoms with Crippen molar-refractivity contribution in [1.29, 1.82) is 5.26 Å². The minimum absolute atomic E-state index is 0.0295. The van der Waals surface area contributed by atoms with Gasteiger partial charge in [-0.25, -0.2) is 0 Å². The predicted molar refractivity (Wildman–Crippen MR) is 93.7 cm³/mol. The molecule has 0 spiro atoms. The topological polar surface area (TPSA) is 65.4 Å². The van der Waals surface area contributed by atoms with Crippen molar-refractivity contribution in [2.75, 3.05) is 32.8 Å². The number of carbonyl (C=O) groups is 1. The summed E-state index contributed by atoms with van der Waals surface area (Å²) >= 11 is 0. The zero-order valence-corrected chi connectivity index (χ0v) is 14.4. The van der Waals surface area contributed by atoms with Gasteiger partial charge < -0.3 is 10.1 Å². The van der Waals surface area contributed by atoms with Gasteiger partial charge >= 0.3 is 0 Å². The van der Waals surface area contributed by atoms with Gasteiger partial charge in [-0.15, -0.1) is 0 Å². The molecule has 0 bridgehead atoms. The molecule has 5 nitrogen and oxygen atoms in total. The molecule has 0 saturated carbocycles. The smallest absolute Gasteiger partial charge is 0.251 e. The second-order valence-electron chi connectivity index (χ2n) is 5.93. The highest BCUT2D eigenvalue weighted by Gasteiger charge is 2.19. The molecule has 5 heteroatoms. The number of carbonyl (C=O) groups excluding carboxylic acids is 1. The lowest BCUT2D eigenvalue weighted by Gasteiger charge is -2.30. The molecule has 128 valence electrons. The largest absolute Gasteiger partial charge is 0.380 e. The highest BCUT2D eigenvalue weighted by atomic mass is 16.5. The monoisotopic (exact) mass is 327 g/mol. The number of nitrogens with zero attached hydrogens (tertiary/aromatic N) is 2. The summed E-state index contributed by atoms with van der Waals surface area (Å²) in [5.74, 6) is -0.146. The first kappa shape index (κ1) is 18.2. The Morgan fingerprint density at radius 2 is 2.33 bits per heavy atom. The van der Waals surface area contributed by atoms with E-state index >= 15 is 0 Å². The first-order valence-electron chi connectivity index (χ1n) is 8.44. The Bertz CT molecular complexity index is 634. The second kappa shape index (κ2) is 9.21. The van der Waals surface area contributed by atoms with Gasteiger partial charge in [0.05, 0.1) is 18.2 Å².